The van der Waals surface area contributed by atoms with Gasteiger partial charge < -0.3 is 5.32 Å². The van der Waals surface area contributed by atoms with Gasteiger partial charge in [-0.05, 0) is 76.5 Å². The summed E-state index contributed by atoms with van der Waals surface area (Å²) in [5, 5.41) is 16.7. The van der Waals surface area contributed by atoms with Gasteiger partial charge in [-0.15, -0.1) is 0 Å². The fourth-order valence-corrected chi connectivity index (χ4v) is 8.89. The fraction of sp³-hybridized carbons (Fsp3) is 0.235. The molecule has 0 bridgehead atoms. The molecule has 2 aliphatic heterocycles. The maximum atomic E-state index is 14.7. The zero-order valence-electron chi connectivity index (χ0n) is 24.1. The molecular weight excluding hydrogens is 607 g/mol. The van der Waals surface area contributed by atoms with Crippen molar-refractivity contribution < 1.29 is 18.0 Å². The number of benzene rings is 2. The molecule has 1 amide bonds. The van der Waals surface area contributed by atoms with Gasteiger partial charge in [0, 0.05) is 67.8 Å². The van der Waals surface area contributed by atoms with Crippen molar-refractivity contribution >= 4 is 33.1 Å². The van der Waals surface area contributed by atoms with E-state index >= 15 is 0 Å². The van der Waals surface area contributed by atoms with E-state index in [1.807, 2.05) is 29.0 Å². The van der Waals surface area contributed by atoms with Crippen molar-refractivity contribution in [3.8, 4) is 6.07 Å². The van der Waals surface area contributed by atoms with Crippen molar-refractivity contribution in [3.63, 3.8) is 0 Å². The second-order valence-corrected chi connectivity index (χ2v) is 14.5. The van der Waals surface area contributed by atoms with Crippen LogP contribution >= 0.6 is 11.3 Å². The number of sulfonamides is 1. The van der Waals surface area contributed by atoms with E-state index in [4.69, 9.17) is 0 Å². The molecule has 2 aromatic carbocycles. The molecule has 3 fully saturated rings. The Hall–Kier alpha value is -4.63. The lowest BCUT2D eigenvalue weighted by atomic mass is 9.85. The lowest BCUT2D eigenvalue weighted by Gasteiger charge is -2.28. The molecule has 7 rings (SSSR count). The molecule has 1 N–H and O–H groups in total. The molecule has 1 saturated carbocycles. The number of hydrogen-bond donors (Lipinski definition) is 1. The van der Waals surface area contributed by atoms with Gasteiger partial charge in [-0.25, -0.2) is 8.42 Å². The van der Waals surface area contributed by atoms with Crippen molar-refractivity contribution in [2.75, 3.05) is 13.1 Å². The summed E-state index contributed by atoms with van der Waals surface area (Å²) in [6, 6.07) is 22.4. The molecule has 11 heteroatoms. The SMILES string of the molecule is N#Cc1ccc(C(=O)/C=C2\NC(Cc3ccncc3)(Cc3ccsc3)C(=O)N2C2C3CN(S(=O)(=O)c4ccccc4)CC32)cc1. The Morgan fingerprint density at radius 2 is 1.69 bits per heavy atom. The maximum absolute atomic E-state index is 14.7. The number of nitrogens with zero attached hydrogens (tertiary/aromatic N) is 4. The van der Waals surface area contributed by atoms with Crippen molar-refractivity contribution in [2.45, 2.75) is 29.3 Å². The Kier molecular flexibility index (Phi) is 7.36. The number of ketones is 1. The van der Waals surface area contributed by atoms with Crippen LogP contribution in [0, 0.1) is 23.2 Å². The predicted octanol–water partition coefficient (Wildman–Crippen LogP) is 4.01. The molecule has 45 heavy (non-hydrogen) atoms. The van der Waals surface area contributed by atoms with Gasteiger partial charge in [0.05, 0.1) is 16.5 Å². The number of thiophene rings is 1. The number of aromatic nitrogens is 1. The summed E-state index contributed by atoms with van der Waals surface area (Å²) in [5.41, 5.74) is 1.72. The summed E-state index contributed by atoms with van der Waals surface area (Å²) >= 11 is 1.56. The number of rotatable bonds is 9. The lowest BCUT2D eigenvalue weighted by molar-refractivity contribution is -0.132. The van der Waals surface area contributed by atoms with Crippen LogP contribution in [0.1, 0.15) is 27.0 Å². The molecule has 4 heterocycles. The Morgan fingerprint density at radius 3 is 2.33 bits per heavy atom. The number of hydrogen-bond acceptors (Lipinski definition) is 8. The zero-order chi connectivity index (χ0) is 31.2. The van der Waals surface area contributed by atoms with Crippen LogP contribution < -0.4 is 5.32 Å². The highest BCUT2D eigenvalue weighted by Crippen LogP contribution is 2.53. The minimum Gasteiger partial charge on any atom is -0.357 e. The summed E-state index contributed by atoms with van der Waals surface area (Å²) in [4.78, 5) is 34.4. The normalized spacial score (nSPS) is 25.1. The van der Waals surface area contributed by atoms with Gasteiger partial charge in [-0.2, -0.15) is 20.9 Å². The topological polar surface area (TPSA) is 123 Å². The predicted molar refractivity (Wildman–Crippen MR) is 168 cm³/mol. The third kappa shape index (κ3) is 5.35. The Balaban J connectivity index is 1.23. The zero-order valence-corrected chi connectivity index (χ0v) is 25.7. The van der Waals surface area contributed by atoms with Crippen LogP contribution in [-0.2, 0) is 27.7 Å². The van der Waals surface area contributed by atoms with Crippen molar-refractivity contribution in [1.82, 2.24) is 19.5 Å². The maximum Gasteiger partial charge on any atom is 0.254 e. The number of nitriles is 1. The van der Waals surface area contributed by atoms with Crippen molar-refractivity contribution in [3.05, 3.63) is 130 Å². The largest absolute Gasteiger partial charge is 0.357 e. The Morgan fingerprint density at radius 1 is 1.00 bits per heavy atom. The van der Waals surface area contributed by atoms with Crippen molar-refractivity contribution in [2.24, 2.45) is 11.8 Å². The van der Waals surface area contributed by atoms with E-state index in [2.05, 4.69) is 16.4 Å². The monoisotopic (exact) mass is 635 g/mol. The van der Waals surface area contributed by atoms with Crippen LogP contribution in [0.3, 0.4) is 0 Å². The molecule has 9 nitrogen and oxygen atoms in total. The first kappa shape index (κ1) is 29.1. The molecule has 0 radical (unpaired) electrons. The number of piperidine rings is 1. The Labute approximate surface area is 265 Å². The number of pyridine rings is 1. The summed E-state index contributed by atoms with van der Waals surface area (Å²) in [7, 11) is -3.66. The average molecular weight is 636 g/mol. The first-order valence-corrected chi connectivity index (χ1v) is 17.0. The van der Waals surface area contributed by atoms with Gasteiger partial charge >= 0.3 is 0 Å². The molecule has 3 unspecified atom stereocenters. The minimum absolute atomic E-state index is 0.0551. The van der Waals surface area contributed by atoms with Crippen molar-refractivity contribution in [1.29, 1.82) is 5.26 Å². The Bertz CT molecular complexity index is 1910. The summed E-state index contributed by atoms with van der Waals surface area (Å²) in [5.74, 6) is -0.132. The summed E-state index contributed by atoms with van der Waals surface area (Å²) in [6.07, 6.45) is 5.65. The van der Waals surface area contributed by atoms with Crippen LogP contribution in [-0.4, -0.2) is 59.0 Å². The van der Waals surface area contributed by atoms with Crippen LogP contribution in [0.15, 0.2) is 113 Å². The number of amides is 1. The second kappa shape index (κ2) is 11.4. The quantitative estimate of drug-likeness (QED) is 0.218. The molecule has 3 atom stereocenters. The van der Waals surface area contributed by atoms with Crippen LogP contribution in [0.5, 0.6) is 0 Å². The highest BCUT2D eigenvalue weighted by Gasteiger charge is 2.65. The molecule has 3 aliphatic rings. The standard InChI is InChI=1S/C34H29N5O4S2/c35-19-24-6-8-26(9-7-24)30(40)16-31-37-34(18-25-12-15-44-22-25,17-23-10-13-36-14-11-23)33(41)39(31)32-28-20-38(21-29(28)32)45(42,43)27-4-2-1-3-5-27/h1-16,22,28-29,32,37H,17-18,20-21H2/b31-16+. The van der Waals surface area contributed by atoms with E-state index in [1.54, 1.807) is 83.2 Å². The smallest absolute Gasteiger partial charge is 0.254 e. The van der Waals surface area contributed by atoms with E-state index in [-0.39, 0.29) is 34.5 Å². The van der Waals surface area contributed by atoms with Crippen LogP contribution in [0.2, 0.25) is 0 Å². The van der Waals surface area contributed by atoms with E-state index in [0.29, 0.717) is 42.9 Å². The third-order valence-corrected chi connectivity index (χ3v) is 11.5. The van der Waals surface area contributed by atoms with Crippen LogP contribution in [0.25, 0.3) is 0 Å². The number of carbonyl (C=O) groups excluding carboxylic acids is 2. The minimum atomic E-state index is -3.66. The van der Waals surface area contributed by atoms with Crippen LogP contribution in [0.4, 0.5) is 0 Å². The number of carbonyl (C=O) groups is 2. The van der Waals surface area contributed by atoms with E-state index in [9.17, 15) is 23.3 Å². The van der Waals surface area contributed by atoms with Gasteiger partial charge in [0.15, 0.2) is 5.78 Å². The van der Waals surface area contributed by atoms with E-state index in [1.165, 1.54) is 10.4 Å². The van der Waals surface area contributed by atoms with Gasteiger partial charge in [0.2, 0.25) is 10.0 Å². The summed E-state index contributed by atoms with van der Waals surface area (Å²) in [6.45, 7) is 0.601. The second-order valence-electron chi connectivity index (χ2n) is 11.8. The summed E-state index contributed by atoms with van der Waals surface area (Å²) < 4.78 is 28.2. The number of fused-ring (bicyclic) bond motifs is 1. The molecule has 0 spiro atoms. The molecule has 1 aliphatic carbocycles. The average Bonchev–Trinajstić information content (AvgIpc) is 3.44. The van der Waals surface area contributed by atoms with E-state index in [0.717, 1.165) is 11.1 Å². The third-order valence-electron chi connectivity index (χ3n) is 8.96. The molecular formula is C34H29N5O4S2. The number of nitrogens with one attached hydrogen (secondary N) is 1. The molecule has 2 aromatic heterocycles. The van der Waals surface area contributed by atoms with Gasteiger partial charge in [0.25, 0.3) is 5.91 Å². The van der Waals surface area contributed by atoms with Gasteiger partial charge in [-0.3, -0.25) is 19.5 Å². The fourth-order valence-electron chi connectivity index (χ4n) is 6.69. The first-order valence-electron chi connectivity index (χ1n) is 14.6. The van der Waals surface area contributed by atoms with E-state index < -0.39 is 15.6 Å². The molecule has 2 saturated heterocycles. The molecule has 226 valence electrons. The molecule has 4 aromatic rings. The van der Waals surface area contributed by atoms with Gasteiger partial charge in [-0.1, -0.05) is 18.2 Å². The lowest BCUT2D eigenvalue weighted by Crippen LogP contribution is -2.51. The van der Waals surface area contributed by atoms with Gasteiger partial charge in [0.1, 0.15) is 11.4 Å². The number of allylic oxidation sites excluding steroid dienone is 1. The first-order chi connectivity index (χ1) is 21.8. The highest BCUT2D eigenvalue weighted by molar-refractivity contribution is 7.89. The highest BCUT2D eigenvalue weighted by atomic mass is 32.2.